The summed E-state index contributed by atoms with van der Waals surface area (Å²) < 4.78 is 24.0. The Balaban J connectivity index is 1.45. The third kappa shape index (κ3) is 2.78. The molecule has 2 saturated heterocycles. The Labute approximate surface area is 167 Å². The minimum Gasteiger partial charge on any atom is -0.454 e. The summed E-state index contributed by atoms with van der Waals surface area (Å²) in [6.45, 7) is 11.5. The number of epoxide rings is 1. The van der Waals surface area contributed by atoms with Gasteiger partial charge in [0.15, 0.2) is 19.8 Å². The highest BCUT2D eigenvalue weighted by molar-refractivity contribution is 6.74. The van der Waals surface area contributed by atoms with Crippen LogP contribution < -0.4 is 14.8 Å². The van der Waals surface area contributed by atoms with Crippen LogP contribution in [0.2, 0.25) is 18.1 Å². The summed E-state index contributed by atoms with van der Waals surface area (Å²) in [4.78, 5) is 12.4. The molecule has 3 fully saturated rings. The number of hydrogen-bond donors (Lipinski definition) is 1. The van der Waals surface area contributed by atoms with E-state index in [1.807, 2.05) is 12.1 Å². The molecule has 3 aliphatic heterocycles. The number of benzene rings is 1. The van der Waals surface area contributed by atoms with Crippen LogP contribution in [0.15, 0.2) is 18.2 Å². The van der Waals surface area contributed by atoms with Crippen LogP contribution in [0.4, 0.5) is 0 Å². The van der Waals surface area contributed by atoms with Crippen LogP contribution in [0.3, 0.4) is 0 Å². The van der Waals surface area contributed by atoms with E-state index in [2.05, 4.69) is 45.2 Å². The highest BCUT2D eigenvalue weighted by atomic mass is 28.4. The average Bonchev–Trinajstić information content (AvgIpc) is 3.07. The molecule has 4 aliphatic rings. The van der Waals surface area contributed by atoms with E-state index >= 15 is 0 Å². The van der Waals surface area contributed by atoms with Crippen LogP contribution in [0.25, 0.3) is 0 Å². The Kier molecular flexibility index (Phi) is 3.93. The van der Waals surface area contributed by atoms with Crippen molar-refractivity contribution >= 4 is 14.2 Å². The van der Waals surface area contributed by atoms with Crippen LogP contribution in [0.5, 0.6) is 11.5 Å². The van der Waals surface area contributed by atoms with Crippen LogP contribution in [-0.2, 0) is 14.0 Å². The molecule has 1 aliphatic carbocycles. The molecule has 3 heterocycles. The summed E-state index contributed by atoms with van der Waals surface area (Å²) in [5.74, 6) is 1.93. The van der Waals surface area contributed by atoms with E-state index in [4.69, 9.17) is 18.6 Å². The topological polar surface area (TPSA) is 69.3 Å². The molecule has 0 spiro atoms. The molecular weight excluding hydrogens is 374 g/mol. The maximum Gasteiger partial charge on any atom is 0.231 e. The Morgan fingerprint density at radius 3 is 2.64 bits per heavy atom. The number of carbonyl (C=O) groups is 1. The lowest BCUT2D eigenvalue weighted by atomic mass is 9.73. The fraction of sp³-hybridized carbons (Fsp3) is 0.667. The molecule has 28 heavy (non-hydrogen) atoms. The SMILES string of the molecule is CC(C)(C)[Si](C)(C)O[C@@H]1[C@@H]2CC(=O)N[C@@H]2[C@@H](c2ccc3c(c2)OCO3)[C@H]2O[C@@H]12. The fourth-order valence-corrected chi connectivity index (χ4v) is 6.04. The molecule has 1 saturated carbocycles. The van der Waals surface area contributed by atoms with E-state index in [1.54, 1.807) is 0 Å². The van der Waals surface area contributed by atoms with Gasteiger partial charge in [-0.25, -0.2) is 0 Å². The van der Waals surface area contributed by atoms with Crippen molar-refractivity contribution in [1.29, 1.82) is 0 Å². The van der Waals surface area contributed by atoms with Crippen molar-refractivity contribution in [3.8, 4) is 11.5 Å². The Morgan fingerprint density at radius 2 is 1.89 bits per heavy atom. The molecule has 152 valence electrons. The molecule has 1 aromatic rings. The first kappa shape index (κ1) is 18.5. The van der Waals surface area contributed by atoms with Gasteiger partial charge in [0.05, 0.1) is 12.2 Å². The third-order valence-corrected chi connectivity index (χ3v) is 11.8. The second-order valence-electron chi connectivity index (χ2n) is 10.0. The standard InChI is InChI=1S/C21H29NO5Si/c1-21(2,3)28(4,5)27-18-12-9-15(23)22-17(12)16(19-20(18)26-19)11-6-7-13-14(8-11)25-10-24-13/h6-8,12,16-20H,9-10H2,1-5H3,(H,22,23)/t12-,16-,17+,18-,19-,20+/m1/s1. The molecule has 5 rings (SSSR count). The van der Waals surface area contributed by atoms with Gasteiger partial charge in [0.2, 0.25) is 12.7 Å². The lowest BCUT2D eigenvalue weighted by Gasteiger charge is -2.43. The zero-order valence-electron chi connectivity index (χ0n) is 17.2. The van der Waals surface area contributed by atoms with E-state index in [9.17, 15) is 4.79 Å². The third-order valence-electron chi connectivity index (χ3n) is 7.28. The Hall–Kier alpha value is -1.57. The Morgan fingerprint density at radius 1 is 1.14 bits per heavy atom. The highest BCUT2D eigenvalue weighted by Gasteiger charge is 2.64. The monoisotopic (exact) mass is 403 g/mol. The van der Waals surface area contributed by atoms with Crippen LogP contribution in [-0.4, -0.2) is 45.4 Å². The van der Waals surface area contributed by atoms with Gasteiger partial charge in [-0.2, -0.15) is 0 Å². The van der Waals surface area contributed by atoms with Crippen molar-refractivity contribution in [2.24, 2.45) is 5.92 Å². The molecule has 7 heteroatoms. The number of nitrogens with one attached hydrogen (secondary N) is 1. The van der Waals surface area contributed by atoms with Gasteiger partial charge in [0.1, 0.15) is 6.10 Å². The summed E-state index contributed by atoms with van der Waals surface area (Å²) in [6.07, 6.45) is 0.644. The second kappa shape index (κ2) is 5.97. The van der Waals surface area contributed by atoms with Crippen LogP contribution in [0.1, 0.15) is 38.7 Å². The first-order chi connectivity index (χ1) is 13.2. The molecule has 1 aromatic carbocycles. The maximum atomic E-state index is 12.4. The van der Waals surface area contributed by atoms with Gasteiger partial charge >= 0.3 is 0 Å². The van der Waals surface area contributed by atoms with Crippen molar-refractivity contribution in [3.05, 3.63) is 23.8 Å². The molecule has 0 bridgehead atoms. The molecule has 0 unspecified atom stereocenters. The quantitative estimate of drug-likeness (QED) is 0.620. The minimum atomic E-state index is -1.96. The van der Waals surface area contributed by atoms with Crippen LogP contribution in [0, 0.1) is 5.92 Å². The van der Waals surface area contributed by atoms with E-state index in [-0.39, 0.29) is 53.9 Å². The number of carbonyl (C=O) groups excluding carboxylic acids is 1. The first-order valence-electron chi connectivity index (χ1n) is 10.2. The molecule has 1 N–H and O–H groups in total. The first-order valence-corrected chi connectivity index (χ1v) is 13.1. The van der Waals surface area contributed by atoms with Crippen molar-refractivity contribution in [2.45, 2.75) is 75.6 Å². The number of amides is 1. The van der Waals surface area contributed by atoms with E-state index in [0.717, 1.165) is 17.1 Å². The predicted molar refractivity (Wildman–Crippen MR) is 106 cm³/mol. The maximum absolute atomic E-state index is 12.4. The summed E-state index contributed by atoms with van der Waals surface area (Å²) in [5, 5.41) is 3.35. The second-order valence-corrected chi connectivity index (χ2v) is 14.8. The number of hydrogen-bond acceptors (Lipinski definition) is 5. The largest absolute Gasteiger partial charge is 0.454 e. The highest BCUT2D eigenvalue weighted by Crippen LogP contribution is 2.54. The predicted octanol–water partition coefficient (Wildman–Crippen LogP) is 3.18. The minimum absolute atomic E-state index is 0.0138. The van der Waals surface area contributed by atoms with Gasteiger partial charge in [-0.15, -0.1) is 0 Å². The summed E-state index contributed by atoms with van der Waals surface area (Å²) in [6, 6.07) is 6.11. The van der Waals surface area contributed by atoms with Gasteiger partial charge < -0.3 is 24.0 Å². The Bertz CT molecular complexity index is 820. The van der Waals surface area contributed by atoms with E-state index in [0.29, 0.717) is 6.42 Å². The van der Waals surface area contributed by atoms with Crippen molar-refractivity contribution in [3.63, 3.8) is 0 Å². The zero-order valence-corrected chi connectivity index (χ0v) is 18.2. The summed E-state index contributed by atoms with van der Waals surface area (Å²) >= 11 is 0. The average molecular weight is 404 g/mol. The lowest BCUT2D eigenvalue weighted by Crippen LogP contribution is -2.54. The van der Waals surface area contributed by atoms with Gasteiger partial charge in [0, 0.05) is 24.3 Å². The van der Waals surface area contributed by atoms with Crippen molar-refractivity contribution in [1.82, 2.24) is 5.32 Å². The lowest BCUT2D eigenvalue weighted by molar-refractivity contribution is -0.119. The molecule has 0 aromatic heterocycles. The number of ether oxygens (including phenoxy) is 3. The number of fused-ring (bicyclic) bond motifs is 3. The molecule has 0 radical (unpaired) electrons. The van der Waals surface area contributed by atoms with Crippen molar-refractivity contribution in [2.75, 3.05) is 6.79 Å². The zero-order chi connectivity index (χ0) is 19.8. The smallest absolute Gasteiger partial charge is 0.231 e. The van der Waals surface area contributed by atoms with Gasteiger partial charge in [-0.1, -0.05) is 26.8 Å². The van der Waals surface area contributed by atoms with Crippen molar-refractivity contribution < 1.29 is 23.4 Å². The number of rotatable bonds is 3. The van der Waals surface area contributed by atoms with Gasteiger partial charge in [0.25, 0.3) is 0 Å². The molecule has 1 amide bonds. The van der Waals surface area contributed by atoms with E-state index in [1.165, 1.54) is 0 Å². The summed E-state index contributed by atoms with van der Waals surface area (Å²) in [7, 11) is -1.96. The van der Waals surface area contributed by atoms with Crippen LogP contribution >= 0.6 is 0 Å². The molecular formula is C21H29NO5Si. The fourth-order valence-electron chi connectivity index (χ4n) is 4.70. The van der Waals surface area contributed by atoms with Gasteiger partial charge in [-0.3, -0.25) is 4.79 Å². The molecule has 6 nitrogen and oxygen atoms in total. The molecule has 6 atom stereocenters. The van der Waals surface area contributed by atoms with E-state index < -0.39 is 8.32 Å². The summed E-state index contributed by atoms with van der Waals surface area (Å²) in [5.41, 5.74) is 1.14. The van der Waals surface area contributed by atoms with Gasteiger partial charge in [-0.05, 0) is 35.8 Å². The normalized spacial score (nSPS) is 36.0.